The van der Waals surface area contributed by atoms with Crippen LogP contribution in [0.15, 0.2) is 24.3 Å². The summed E-state index contributed by atoms with van der Waals surface area (Å²) in [7, 11) is -1.88. The van der Waals surface area contributed by atoms with Crippen molar-refractivity contribution >= 4 is 15.9 Å². The third-order valence-corrected chi connectivity index (χ3v) is 4.72. The monoisotopic (exact) mass is 313 g/mol. The van der Waals surface area contributed by atoms with Crippen molar-refractivity contribution < 1.29 is 8.42 Å². The van der Waals surface area contributed by atoms with E-state index in [1.54, 1.807) is 19.2 Å². The summed E-state index contributed by atoms with van der Waals surface area (Å²) in [5, 5.41) is 3.27. The van der Waals surface area contributed by atoms with E-state index in [1.807, 2.05) is 12.1 Å². The molecule has 1 aromatic carbocycles. The van der Waals surface area contributed by atoms with Crippen molar-refractivity contribution in [2.24, 2.45) is 0 Å². The molecule has 0 aliphatic heterocycles. The largest absolute Gasteiger partial charge is 0.314 e. The lowest BCUT2D eigenvalue weighted by atomic mass is 10.2. The maximum Gasteiger partial charge on any atom is 0.301 e. The normalized spacial score (nSPS) is 12.1. The number of aryl methyl sites for hydroxylation is 1. The van der Waals surface area contributed by atoms with Crippen LogP contribution in [-0.2, 0) is 16.6 Å². The van der Waals surface area contributed by atoms with Crippen LogP contribution < -0.4 is 10.0 Å². The first-order valence-electron chi connectivity index (χ1n) is 7.41. The summed E-state index contributed by atoms with van der Waals surface area (Å²) in [4.78, 5) is 0. The molecule has 0 fully saturated rings. The summed E-state index contributed by atoms with van der Waals surface area (Å²) in [5.74, 6) is 0. The molecule has 0 atom stereocenters. The molecule has 21 heavy (non-hydrogen) atoms. The lowest BCUT2D eigenvalue weighted by molar-refractivity contribution is 0.451. The smallest absolute Gasteiger partial charge is 0.301 e. The van der Waals surface area contributed by atoms with Crippen molar-refractivity contribution in [3.63, 3.8) is 0 Å². The van der Waals surface area contributed by atoms with Crippen molar-refractivity contribution in [2.45, 2.75) is 39.7 Å². The highest BCUT2D eigenvalue weighted by Gasteiger charge is 2.16. The van der Waals surface area contributed by atoms with Gasteiger partial charge in [0.1, 0.15) is 0 Å². The van der Waals surface area contributed by atoms with Gasteiger partial charge in [-0.05, 0) is 37.1 Å². The zero-order valence-electron chi connectivity index (χ0n) is 13.4. The van der Waals surface area contributed by atoms with Gasteiger partial charge in [-0.25, -0.2) is 0 Å². The molecule has 0 spiro atoms. The highest BCUT2D eigenvalue weighted by molar-refractivity contribution is 7.90. The van der Waals surface area contributed by atoms with Crippen molar-refractivity contribution in [3.8, 4) is 0 Å². The molecule has 120 valence electrons. The third kappa shape index (κ3) is 6.46. The molecular formula is C15H27N3O2S. The van der Waals surface area contributed by atoms with Gasteiger partial charge >= 0.3 is 10.2 Å². The predicted octanol–water partition coefficient (Wildman–Crippen LogP) is 2.23. The van der Waals surface area contributed by atoms with E-state index in [1.165, 1.54) is 9.87 Å². The Labute approximate surface area is 128 Å². The fourth-order valence-corrected chi connectivity index (χ4v) is 2.81. The lowest BCUT2D eigenvalue weighted by Gasteiger charge is -2.19. The van der Waals surface area contributed by atoms with Crippen LogP contribution >= 0.6 is 0 Å². The molecule has 1 aromatic rings. The van der Waals surface area contributed by atoms with Crippen molar-refractivity contribution in [2.75, 3.05) is 24.9 Å². The maximum atomic E-state index is 12.2. The number of anilines is 1. The molecule has 0 aromatic heterocycles. The Balaban J connectivity index is 2.50. The van der Waals surface area contributed by atoms with Gasteiger partial charge in [0.25, 0.3) is 0 Å². The van der Waals surface area contributed by atoms with Crippen LogP contribution in [0.5, 0.6) is 0 Å². The molecule has 0 unspecified atom stereocenters. The first kappa shape index (κ1) is 17.9. The van der Waals surface area contributed by atoms with Crippen molar-refractivity contribution in [3.05, 3.63) is 29.8 Å². The first-order chi connectivity index (χ1) is 9.85. The van der Waals surface area contributed by atoms with Crippen LogP contribution in [0.25, 0.3) is 0 Å². The Kier molecular flexibility index (Phi) is 7.14. The van der Waals surface area contributed by atoms with Crippen LogP contribution in [0.4, 0.5) is 5.69 Å². The van der Waals surface area contributed by atoms with E-state index in [2.05, 4.69) is 30.8 Å². The average molecular weight is 313 g/mol. The predicted molar refractivity (Wildman–Crippen MR) is 88.7 cm³/mol. The van der Waals surface area contributed by atoms with E-state index in [-0.39, 0.29) is 0 Å². The van der Waals surface area contributed by atoms with Gasteiger partial charge in [0.15, 0.2) is 0 Å². The highest BCUT2D eigenvalue weighted by atomic mass is 32.2. The Morgan fingerprint density at radius 3 is 2.33 bits per heavy atom. The van der Waals surface area contributed by atoms with Crippen LogP contribution in [0.2, 0.25) is 0 Å². The number of nitrogens with zero attached hydrogens (tertiary/aromatic N) is 1. The van der Waals surface area contributed by atoms with E-state index in [9.17, 15) is 8.42 Å². The minimum atomic E-state index is -3.48. The zero-order valence-corrected chi connectivity index (χ0v) is 14.2. The summed E-state index contributed by atoms with van der Waals surface area (Å²) in [6, 6.07) is 7.88. The molecule has 0 saturated carbocycles. The maximum absolute atomic E-state index is 12.2. The summed E-state index contributed by atoms with van der Waals surface area (Å²) in [6.07, 6.45) is 1.72. The van der Waals surface area contributed by atoms with E-state index in [4.69, 9.17) is 0 Å². The highest BCUT2D eigenvalue weighted by Crippen LogP contribution is 2.13. The van der Waals surface area contributed by atoms with Gasteiger partial charge < -0.3 is 5.32 Å². The first-order valence-corrected chi connectivity index (χ1v) is 8.85. The third-order valence-electron chi connectivity index (χ3n) is 3.22. The molecule has 0 saturated heterocycles. The number of hydrogen-bond acceptors (Lipinski definition) is 3. The number of hydrogen-bond donors (Lipinski definition) is 2. The Morgan fingerprint density at radius 1 is 1.19 bits per heavy atom. The standard InChI is InChI=1S/C15H27N3O2S/c1-5-14-7-9-15(10-8-14)17-21(19,20)18(4)12-6-11-16-13(2)3/h7-10,13,16-17H,5-6,11-12H2,1-4H3. The summed E-state index contributed by atoms with van der Waals surface area (Å²) < 4.78 is 28.3. The Morgan fingerprint density at radius 2 is 1.81 bits per heavy atom. The van der Waals surface area contributed by atoms with E-state index < -0.39 is 10.2 Å². The molecule has 0 radical (unpaired) electrons. The molecule has 5 nitrogen and oxygen atoms in total. The molecule has 0 aliphatic carbocycles. The number of nitrogens with one attached hydrogen (secondary N) is 2. The zero-order chi connectivity index (χ0) is 15.9. The van der Waals surface area contributed by atoms with Gasteiger partial charge in [0.2, 0.25) is 0 Å². The lowest BCUT2D eigenvalue weighted by Crippen LogP contribution is -2.35. The van der Waals surface area contributed by atoms with Crippen LogP contribution in [0.1, 0.15) is 32.8 Å². The quantitative estimate of drug-likeness (QED) is 0.687. The number of benzene rings is 1. The number of rotatable bonds is 9. The van der Waals surface area contributed by atoms with E-state index in [0.717, 1.165) is 19.4 Å². The van der Waals surface area contributed by atoms with Gasteiger partial charge in [-0.15, -0.1) is 0 Å². The SMILES string of the molecule is CCc1ccc(NS(=O)(=O)N(C)CCCNC(C)C)cc1. The van der Waals surface area contributed by atoms with Gasteiger partial charge in [-0.1, -0.05) is 32.9 Å². The molecule has 6 heteroatoms. The molecule has 1 rings (SSSR count). The van der Waals surface area contributed by atoms with E-state index >= 15 is 0 Å². The molecule has 0 aliphatic rings. The second kappa shape index (κ2) is 8.36. The molecule has 0 heterocycles. The van der Waals surface area contributed by atoms with Gasteiger partial charge in [0, 0.05) is 25.3 Å². The molecular weight excluding hydrogens is 286 g/mol. The van der Waals surface area contributed by atoms with Gasteiger partial charge in [-0.2, -0.15) is 12.7 Å². The van der Waals surface area contributed by atoms with Crippen molar-refractivity contribution in [1.82, 2.24) is 9.62 Å². The summed E-state index contributed by atoms with van der Waals surface area (Å²) >= 11 is 0. The van der Waals surface area contributed by atoms with Gasteiger partial charge in [0.05, 0.1) is 0 Å². The average Bonchev–Trinajstić information content (AvgIpc) is 2.43. The van der Waals surface area contributed by atoms with Crippen molar-refractivity contribution in [1.29, 1.82) is 0 Å². The summed E-state index contributed by atoms with van der Waals surface area (Å²) in [5.41, 5.74) is 1.78. The second-order valence-electron chi connectivity index (χ2n) is 5.44. The molecule has 0 bridgehead atoms. The molecule has 0 amide bonds. The minimum Gasteiger partial charge on any atom is -0.314 e. The van der Waals surface area contributed by atoms with Crippen LogP contribution in [0, 0.1) is 0 Å². The minimum absolute atomic E-state index is 0.419. The van der Waals surface area contributed by atoms with Crippen LogP contribution in [-0.4, -0.2) is 38.9 Å². The topological polar surface area (TPSA) is 61.4 Å². The van der Waals surface area contributed by atoms with Crippen LogP contribution in [0.3, 0.4) is 0 Å². The Bertz CT molecular complexity index is 512. The second-order valence-corrected chi connectivity index (χ2v) is 7.22. The fraction of sp³-hybridized carbons (Fsp3) is 0.600. The van der Waals surface area contributed by atoms with E-state index in [0.29, 0.717) is 18.3 Å². The molecule has 2 N–H and O–H groups in total. The fourth-order valence-electron chi connectivity index (χ4n) is 1.85. The summed E-state index contributed by atoms with van der Waals surface area (Å²) in [6.45, 7) is 7.51. The Hall–Kier alpha value is -1.11. The van der Waals surface area contributed by atoms with Gasteiger partial charge in [-0.3, -0.25) is 4.72 Å².